The van der Waals surface area contributed by atoms with Crippen LogP contribution in [-0.4, -0.2) is 15.5 Å². The van der Waals surface area contributed by atoms with E-state index < -0.39 is 6.04 Å². The fraction of sp³-hybridized carbons (Fsp3) is 0.208. The van der Waals surface area contributed by atoms with Gasteiger partial charge in [0.1, 0.15) is 28.2 Å². The van der Waals surface area contributed by atoms with Crippen molar-refractivity contribution in [3.63, 3.8) is 0 Å². The van der Waals surface area contributed by atoms with E-state index in [1.165, 1.54) is 15.9 Å². The summed E-state index contributed by atoms with van der Waals surface area (Å²) < 4.78 is 7.23. The largest absolute Gasteiger partial charge is 0.457 e. The first-order valence-electron chi connectivity index (χ1n) is 10.1. The average Bonchev–Trinajstić information content (AvgIpc) is 3.19. The molecule has 0 saturated heterocycles. The highest BCUT2D eigenvalue weighted by Gasteiger charge is 2.21. The number of carbonyl (C=O) groups is 1. The van der Waals surface area contributed by atoms with Crippen molar-refractivity contribution >= 4 is 33.1 Å². The third-order valence-electron chi connectivity index (χ3n) is 5.04. The van der Waals surface area contributed by atoms with Crippen molar-refractivity contribution in [3.8, 4) is 11.5 Å². The highest BCUT2D eigenvalue weighted by atomic mass is 32.1. The van der Waals surface area contributed by atoms with Gasteiger partial charge in [-0.3, -0.25) is 14.2 Å². The molecule has 2 aromatic carbocycles. The summed E-state index contributed by atoms with van der Waals surface area (Å²) >= 11 is 1.52. The van der Waals surface area contributed by atoms with Crippen LogP contribution in [0.25, 0.3) is 10.2 Å². The summed E-state index contributed by atoms with van der Waals surface area (Å²) in [6, 6.07) is 17.8. The van der Waals surface area contributed by atoms with Crippen LogP contribution in [0, 0.1) is 6.92 Å². The van der Waals surface area contributed by atoms with Gasteiger partial charge in [0, 0.05) is 10.6 Å². The zero-order chi connectivity index (χ0) is 22.0. The number of aromatic nitrogens is 2. The van der Waals surface area contributed by atoms with Crippen molar-refractivity contribution < 1.29 is 9.53 Å². The van der Waals surface area contributed by atoms with Crippen LogP contribution in [0.1, 0.15) is 30.6 Å². The molecule has 4 rings (SSSR count). The average molecular weight is 434 g/mol. The minimum Gasteiger partial charge on any atom is -0.457 e. The maximum absolute atomic E-state index is 13.0. The molecule has 0 saturated carbocycles. The molecule has 0 aliphatic rings. The lowest BCUT2D eigenvalue weighted by Crippen LogP contribution is -2.33. The normalized spacial score (nSPS) is 12.0. The number of aryl methyl sites for hydroxylation is 2. The van der Waals surface area contributed by atoms with Gasteiger partial charge in [0.2, 0.25) is 5.91 Å². The number of ether oxygens (including phenoxy) is 1. The molecular formula is C24H23N3O3S. The van der Waals surface area contributed by atoms with Gasteiger partial charge >= 0.3 is 0 Å². The molecular weight excluding hydrogens is 410 g/mol. The van der Waals surface area contributed by atoms with E-state index in [1.807, 2.05) is 43.3 Å². The summed E-state index contributed by atoms with van der Waals surface area (Å²) in [5.74, 6) is 1.65. The molecule has 0 aliphatic carbocycles. The van der Waals surface area contributed by atoms with Crippen LogP contribution in [-0.2, 0) is 11.2 Å². The lowest BCUT2D eigenvalue weighted by atomic mass is 10.2. The van der Waals surface area contributed by atoms with Crippen LogP contribution in [0.2, 0.25) is 0 Å². The van der Waals surface area contributed by atoms with Crippen molar-refractivity contribution in [1.82, 2.24) is 9.55 Å². The van der Waals surface area contributed by atoms with Crippen LogP contribution in [0.15, 0.2) is 65.5 Å². The number of carbonyl (C=O) groups excluding carboxylic acids is 1. The lowest BCUT2D eigenvalue weighted by molar-refractivity contribution is -0.118. The zero-order valence-electron chi connectivity index (χ0n) is 17.6. The van der Waals surface area contributed by atoms with Gasteiger partial charge in [-0.05, 0) is 62.7 Å². The summed E-state index contributed by atoms with van der Waals surface area (Å²) in [7, 11) is 0. The SMILES string of the molecule is CCc1cc2c(=O)n(C(C)C(=O)Nc3ccc(Oc4ccccc4)cc3)c(C)nc2s1. The van der Waals surface area contributed by atoms with E-state index in [0.717, 1.165) is 21.9 Å². The standard InChI is InChI=1S/C24H23N3O3S/c1-4-20-14-21-23(31-20)25-16(3)27(24(21)29)15(2)22(28)26-17-10-12-19(13-11-17)30-18-8-6-5-7-9-18/h5-15H,4H2,1-3H3,(H,26,28). The maximum atomic E-state index is 13.0. The fourth-order valence-electron chi connectivity index (χ4n) is 3.37. The minimum atomic E-state index is -0.699. The molecule has 0 aliphatic heterocycles. The minimum absolute atomic E-state index is 0.187. The zero-order valence-corrected chi connectivity index (χ0v) is 18.4. The number of rotatable bonds is 6. The Morgan fingerprint density at radius 1 is 1.13 bits per heavy atom. The number of hydrogen-bond donors (Lipinski definition) is 1. The number of fused-ring (bicyclic) bond motifs is 1. The van der Waals surface area contributed by atoms with Crippen LogP contribution in [0.5, 0.6) is 11.5 Å². The second-order valence-electron chi connectivity index (χ2n) is 7.22. The number of hydrogen-bond acceptors (Lipinski definition) is 5. The fourth-order valence-corrected chi connectivity index (χ4v) is 4.37. The van der Waals surface area contributed by atoms with Crippen molar-refractivity contribution in [2.24, 2.45) is 0 Å². The predicted molar refractivity (Wildman–Crippen MR) is 124 cm³/mol. The van der Waals surface area contributed by atoms with Gasteiger partial charge in [-0.15, -0.1) is 11.3 Å². The quantitative estimate of drug-likeness (QED) is 0.447. The molecule has 1 N–H and O–H groups in total. The number of nitrogens with zero attached hydrogens (tertiary/aromatic N) is 2. The van der Waals surface area contributed by atoms with Gasteiger partial charge in [0.15, 0.2) is 0 Å². The Kier molecular flexibility index (Phi) is 5.86. The van der Waals surface area contributed by atoms with Gasteiger partial charge in [0.05, 0.1) is 5.39 Å². The molecule has 1 amide bonds. The first-order chi connectivity index (χ1) is 15.0. The van der Waals surface area contributed by atoms with E-state index in [2.05, 4.69) is 10.3 Å². The number of thiophene rings is 1. The molecule has 158 valence electrons. The van der Waals surface area contributed by atoms with Crippen LogP contribution in [0.4, 0.5) is 5.69 Å². The highest BCUT2D eigenvalue weighted by Crippen LogP contribution is 2.25. The van der Waals surface area contributed by atoms with E-state index in [-0.39, 0.29) is 11.5 Å². The number of anilines is 1. The van der Waals surface area contributed by atoms with Crippen molar-refractivity contribution in [2.75, 3.05) is 5.32 Å². The summed E-state index contributed by atoms with van der Waals surface area (Å²) in [6.07, 6.45) is 0.847. The molecule has 1 atom stereocenters. The first kappa shape index (κ1) is 20.8. The molecule has 0 spiro atoms. The van der Waals surface area contributed by atoms with Gasteiger partial charge < -0.3 is 10.1 Å². The Morgan fingerprint density at radius 3 is 2.48 bits per heavy atom. The Balaban J connectivity index is 1.51. The monoisotopic (exact) mass is 433 g/mol. The number of para-hydroxylation sites is 1. The van der Waals surface area contributed by atoms with Gasteiger partial charge in [-0.2, -0.15) is 0 Å². The van der Waals surface area contributed by atoms with E-state index in [9.17, 15) is 9.59 Å². The molecule has 7 heteroatoms. The van der Waals surface area contributed by atoms with Gasteiger partial charge in [-0.1, -0.05) is 25.1 Å². The topological polar surface area (TPSA) is 73.2 Å². The maximum Gasteiger partial charge on any atom is 0.263 e. The van der Waals surface area contributed by atoms with E-state index >= 15 is 0 Å². The summed E-state index contributed by atoms with van der Waals surface area (Å²) in [5.41, 5.74) is 0.438. The molecule has 31 heavy (non-hydrogen) atoms. The number of amides is 1. The van der Waals surface area contributed by atoms with Crippen LogP contribution < -0.4 is 15.6 Å². The van der Waals surface area contributed by atoms with Crippen molar-refractivity contribution in [1.29, 1.82) is 0 Å². The third kappa shape index (κ3) is 4.36. The van der Waals surface area contributed by atoms with Crippen LogP contribution >= 0.6 is 11.3 Å². The molecule has 0 bridgehead atoms. The Labute approximate surface area is 184 Å². The Hall–Kier alpha value is -3.45. The molecule has 0 radical (unpaired) electrons. The van der Waals surface area contributed by atoms with Gasteiger partial charge in [0.25, 0.3) is 5.56 Å². The molecule has 4 aromatic rings. The van der Waals surface area contributed by atoms with E-state index in [0.29, 0.717) is 22.6 Å². The lowest BCUT2D eigenvalue weighted by Gasteiger charge is -2.17. The smallest absolute Gasteiger partial charge is 0.263 e. The van der Waals surface area contributed by atoms with Gasteiger partial charge in [-0.25, -0.2) is 4.98 Å². The molecule has 0 fully saturated rings. The molecule has 6 nitrogen and oxygen atoms in total. The summed E-state index contributed by atoms with van der Waals surface area (Å²) in [4.78, 5) is 32.3. The van der Waals surface area contributed by atoms with E-state index in [1.54, 1.807) is 38.1 Å². The highest BCUT2D eigenvalue weighted by molar-refractivity contribution is 7.18. The Morgan fingerprint density at radius 2 is 1.81 bits per heavy atom. The molecule has 2 heterocycles. The van der Waals surface area contributed by atoms with Crippen molar-refractivity contribution in [2.45, 2.75) is 33.2 Å². The van der Waals surface area contributed by atoms with Crippen molar-refractivity contribution in [3.05, 3.63) is 81.7 Å². The van der Waals surface area contributed by atoms with Crippen LogP contribution in [0.3, 0.4) is 0 Å². The number of benzene rings is 2. The molecule has 1 unspecified atom stereocenters. The first-order valence-corrected chi connectivity index (χ1v) is 10.9. The molecule has 2 aromatic heterocycles. The second kappa shape index (κ2) is 8.73. The third-order valence-corrected chi connectivity index (χ3v) is 6.21. The summed E-state index contributed by atoms with van der Waals surface area (Å²) in [5, 5.41) is 3.44. The second-order valence-corrected chi connectivity index (χ2v) is 8.34. The Bertz CT molecular complexity index is 1280. The summed E-state index contributed by atoms with van der Waals surface area (Å²) in [6.45, 7) is 5.51. The predicted octanol–water partition coefficient (Wildman–Crippen LogP) is 5.32. The number of nitrogens with one attached hydrogen (secondary N) is 1. The van der Waals surface area contributed by atoms with E-state index in [4.69, 9.17) is 4.74 Å².